The second kappa shape index (κ2) is 3.11. The lowest BCUT2D eigenvalue weighted by Crippen LogP contribution is -2.50. The van der Waals surface area contributed by atoms with Crippen molar-refractivity contribution in [1.29, 1.82) is 0 Å². The molecule has 1 fully saturated rings. The average molecular weight is 184 g/mol. The van der Waals surface area contributed by atoms with E-state index in [1.165, 1.54) is 0 Å². The number of carbonyl (C=O) groups is 1. The number of β-lactam (4-membered cyclic amide) rings is 1. The Hall–Kier alpha value is -0.480. The van der Waals surface area contributed by atoms with Crippen LogP contribution in [0, 0.1) is 0 Å². The monoisotopic (exact) mass is 184 g/mol. The van der Waals surface area contributed by atoms with Crippen molar-refractivity contribution in [1.82, 2.24) is 4.90 Å². The van der Waals surface area contributed by atoms with Gasteiger partial charge in [0.1, 0.15) is 0 Å². The first-order valence-corrected chi connectivity index (χ1v) is 5.19. The van der Waals surface area contributed by atoms with Crippen LogP contribution in [-0.2, 0) is 4.79 Å². The lowest BCUT2D eigenvalue weighted by atomic mass is 10.0. The van der Waals surface area contributed by atoms with Crippen LogP contribution in [0.15, 0.2) is 12.3 Å². The van der Waals surface area contributed by atoms with Crippen LogP contribution in [0.5, 0.6) is 0 Å². The van der Waals surface area contributed by atoms with Crippen LogP contribution < -0.4 is 5.73 Å². The Labute approximate surface area is 76.0 Å². The van der Waals surface area contributed by atoms with Gasteiger partial charge in [0.2, 0.25) is 5.91 Å². The van der Waals surface area contributed by atoms with Crippen LogP contribution in [0.1, 0.15) is 6.42 Å². The van der Waals surface area contributed by atoms with Gasteiger partial charge in [0, 0.05) is 30.2 Å². The SMILES string of the molecule is NCCSC1C=CN2C(=O)C[C@@H]12. The summed E-state index contributed by atoms with van der Waals surface area (Å²) < 4.78 is 0. The minimum atomic E-state index is 0.257. The van der Waals surface area contributed by atoms with Gasteiger partial charge in [-0.2, -0.15) is 11.8 Å². The highest BCUT2D eigenvalue weighted by Crippen LogP contribution is 2.35. The van der Waals surface area contributed by atoms with Gasteiger partial charge >= 0.3 is 0 Å². The maximum Gasteiger partial charge on any atom is 0.228 e. The molecule has 1 saturated heterocycles. The van der Waals surface area contributed by atoms with E-state index in [0.29, 0.717) is 11.3 Å². The molecule has 0 bridgehead atoms. The number of hydrogen-bond donors (Lipinski definition) is 1. The molecule has 1 amide bonds. The number of fused-ring (bicyclic) bond motifs is 1. The Morgan fingerprint density at radius 2 is 2.58 bits per heavy atom. The quantitative estimate of drug-likeness (QED) is 0.636. The van der Waals surface area contributed by atoms with Crippen molar-refractivity contribution in [3.8, 4) is 0 Å². The van der Waals surface area contributed by atoms with Gasteiger partial charge in [-0.05, 0) is 0 Å². The summed E-state index contributed by atoms with van der Waals surface area (Å²) in [5.41, 5.74) is 5.41. The predicted octanol–water partition coefficient (Wildman–Crippen LogP) is 0.175. The highest BCUT2D eigenvalue weighted by atomic mass is 32.2. The largest absolute Gasteiger partial charge is 0.330 e. The summed E-state index contributed by atoms with van der Waals surface area (Å²) in [7, 11) is 0. The van der Waals surface area contributed by atoms with E-state index in [1.54, 1.807) is 0 Å². The van der Waals surface area contributed by atoms with Gasteiger partial charge in [0.05, 0.1) is 6.04 Å². The number of nitrogens with zero attached hydrogens (tertiary/aromatic N) is 1. The third-order valence-electron chi connectivity index (χ3n) is 2.27. The molecule has 2 rings (SSSR count). The third-order valence-corrected chi connectivity index (χ3v) is 3.60. The maximum absolute atomic E-state index is 11.0. The number of thioether (sulfide) groups is 1. The molecule has 2 atom stereocenters. The van der Waals surface area contributed by atoms with E-state index in [9.17, 15) is 4.79 Å². The minimum absolute atomic E-state index is 0.257. The molecular formula is C8H12N2OS. The standard InChI is InChI=1S/C8H12N2OS/c9-2-4-12-7-1-3-10-6(7)5-8(10)11/h1,3,6-7H,2,4-5,9H2/t6-,7?/m0/s1. The Morgan fingerprint density at radius 1 is 1.75 bits per heavy atom. The van der Waals surface area contributed by atoms with E-state index in [1.807, 2.05) is 22.9 Å². The van der Waals surface area contributed by atoms with Gasteiger partial charge in [-0.3, -0.25) is 4.79 Å². The lowest BCUT2D eigenvalue weighted by molar-refractivity contribution is -0.139. The molecule has 1 unspecified atom stereocenters. The molecule has 0 aromatic rings. The van der Waals surface area contributed by atoms with Crippen molar-refractivity contribution in [3.63, 3.8) is 0 Å². The second-order valence-corrected chi connectivity index (χ2v) is 4.32. The van der Waals surface area contributed by atoms with E-state index in [4.69, 9.17) is 5.73 Å². The number of amides is 1. The first kappa shape index (κ1) is 8.13. The third kappa shape index (κ3) is 1.15. The summed E-state index contributed by atoms with van der Waals surface area (Å²) in [4.78, 5) is 12.8. The molecule has 0 aliphatic carbocycles. The van der Waals surface area contributed by atoms with Crippen LogP contribution in [0.4, 0.5) is 0 Å². The van der Waals surface area contributed by atoms with Crippen molar-refractivity contribution in [3.05, 3.63) is 12.3 Å². The summed E-state index contributed by atoms with van der Waals surface area (Å²) in [5.74, 6) is 1.24. The van der Waals surface area contributed by atoms with Gasteiger partial charge in [-0.1, -0.05) is 6.08 Å². The van der Waals surface area contributed by atoms with E-state index < -0.39 is 0 Å². The van der Waals surface area contributed by atoms with Crippen LogP contribution in [0.25, 0.3) is 0 Å². The summed E-state index contributed by atoms with van der Waals surface area (Å²) in [5, 5.41) is 0.492. The molecule has 3 nitrogen and oxygen atoms in total. The molecule has 0 radical (unpaired) electrons. The zero-order valence-corrected chi connectivity index (χ0v) is 7.59. The summed E-state index contributed by atoms with van der Waals surface area (Å²) in [6.07, 6.45) is 4.73. The molecule has 0 saturated carbocycles. The molecule has 2 aliphatic heterocycles. The minimum Gasteiger partial charge on any atom is -0.330 e. The molecule has 0 aromatic carbocycles. The fraction of sp³-hybridized carbons (Fsp3) is 0.625. The highest BCUT2D eigenvalue weighted by molar-refractivity contribution is 8.00. The topological polar surface area (TPSA) is 46.3 Å². The summed E-state index contributed by atoms with van der Waals surface area (Å²) in [6.45, 7) is 0.718. The van der Waals surface area contributed by atoms with Crippen molar-refractivity contribution in [2.45, 2.75) is 17.7 Å². The van der Waals surface area contributed by atoms with Crippen LogP contribution in [0.3, 0.4) is 0 Å². The number of carbonyl (C=O) groups excluding carboxylic acids is 1. The molecular weight excluding hydrogens is 172 g/mol. The van der Waals surface area contributed by atoms with E-state index in [0.717, 1.165) is 18.7 Å². The molecule has 2 heterocycles. The summed E-state index contributed by atoms with van der Waals surface area (Å²) in [6, 6.07) is 0.439. The molecule has 0 spiro atoms. The Bertz CT molecular complexity index is 229. The molecule has 0 aromatic heterocycles. The molecule has 66 valence electrons. The predicted molar refractivity (Wildman–Crippen MR) is 49.7 cm³/mol. The molecule has 2 aliphatic rings. The molecule has 12 heavy (non-hydrogen) atoms. The fourth-order valence-electron chi connectivity index (χ4n) is 1.60. The van der Waals surface area contributed by atoms with Crippen LogP contribution in [0.2, 0.25) is 0 Å². The van der Waals surface area contributed by atoms with Crippen LogP contribution in [-0.4, -0.2) is 34.4 Å². The first-order chi connectivity index (χ1) is 5.83. The fourth-order valence-corrected chi connectivity index (χ4v) is 2.64. The maximum atomic E-state index is 11.0. The van der Waals surface area contributed by atoms with E-state index in [2.05, 4.69) is 6.08 Å². The Balaban J connectivity index is 1.87. The lowest BCUT2D eigenvalue weighted by Gasteiger charge is -2.36. The average Bonchev–Trinajstić information content (AvgIpc) is 2.38. The van der Waals surface area contributed by atoms with Gasteiger partial charge < -0.3 is 10.6 Å². The van der Waals surface area contributed by atoms with Crippen molar-refractivity contribution < 1.29 is 4.79 Å². The molecule has 2 N–H and O–H groups in total. The van der Waals surface area contributed by atoms with Crippen molar-refractivity contribution in [2.75, 3.05) is 12.3 Å². The highest BCUT2D eigenvalue weighted by Gasteiger charge is 2.42. The Morgan fingerprint density at radius 3 is 3.17 bits per heavy atom. The first-order valence-electron chi connectivity index (χ1n) is 4.14. The zero-order valence-electron chi connectivity index (χ0n) is 6.77. The second-order valence-electron chi connectivity index (χ2n) is 3.04. The van der Waals surface area contributed by atoms with E-state index in [-0.39, 0.29) is 5.91 Å². The number of nitrogens with two attached hydrogens (primary N) is 1. The van der Waals surface area contributed by atoms with E-state index >= 15 is 0 Å². The van der Waals surface area contributed by atoms with Crippen molar-refractivity contribution in [2.24, 2.45) is 5.73 Å². The summed E-state index contributed by atoms with van der Waals surface area (Å²) >= 11 is 1.84. The zero-order chi connectivity index (χ0) is 8.55. The smallest absolute Gasteiger partial charge is 0.228 e. The van der Waals surface area contributed by atoms with Crippen molar-refractivity contribution >= 4 is 17.7 Å². The Kier molecular flexibility index (Phi) is 2.11. The molecule has 4 heteroatoms. The van der Waals surface area contributed by atoms with Gasteiger partial charge in [-0.25, -0.2) is 0 Å². The van der Waals surface area contributed by atoms with Gasteiger partial charge in [0.15, 0.2) is 0 Å². The number of rotatable bonds is 3. The van der Waals surface area contributed by atoms with Crippen LogP contribution >= 0.6 is 11.8 Å². The number of hydrogen-bond acceptors (Lipinski definition) is 3. The normalized spacial score (nSPS) is 32.1. The van der Waals surface area contributed by atoms with Gasteiger partial charge in [-0.15, -0.1) is 0 Å². The van der Waals surface area contributed by atoms with Gasteiger partial charge in [0.25, 0.3) is 0 Å².